The first-order valence-electron chi connectivity index (χ1n) is 13.8. The lowest BCUT2D eigenvalue weighted by Crippen LogP contribution is -2.58. The van der Waals surface area contributed by atoms with E-state index < -0.39 is 0 Å². The molecule has 0 radical (unpaired) electrons. The molecular formula is C31H36N4O3S. The van der Waals surface area contributed by atoms with E-state index in [4.69, 9.17) is 9.72 Å². The Morgan fingerprint density at radius 3 is 2.59 bits per heavy atom. The second kappa shape index (κ2) is 10.1. The number of anilines is 1. The number of hydrogen-bond acceptors (Lipinski definition) is 6. The summed E-state index contributed by atoms with van der Waals surface area (Å²) >= 11 is 1.83. The first-order chi connectivity index (χ1) is 18.8. The summed E-state index contributed by atoms with van der Waals surface area (Å²) in [6.07, 6.45) is 3.85. The second-order valence-electron chi connectivity index (χ2n) is 11.2. The van der Waals surface area contributed by atoms with Crippen molar-refractivity contribution in [2.75, 3.05) is 37.5 Å². The summed E-state index contributed by atoms with van der Waals surface area (Å²) in [6, 6.07) is 10.8. The van der Waals surface area contributed by atoms with Gasteiger partial charge in [-0.05, 0) is 68.4 Å². The molecule has 3 atom stereocenters. The number of aryl methyl sites for hydroxylation is 1. The standard InChI is InChI=1S/C31H36N4O3S/c1-6-26(36)34-19(3)14-33(15-20(34)4)30-25-13-18(2)27(24-10-8-7-9-23(24)21-11-12-21)29-28(25)35(31(37)32-30)22(16-38-5)17-39-29/h6-10,13,19-22H,1,11-12,14-17H2,2-5H3/t19-,20+,22-/m0/s1. The largest absolute Gasteiger partial charge is 0.383 e. The number of carbonyl (C=O) groups excluding carboxylic acids is 1. The molecule has 6 rings (SSSR count). The number of rotatable bonds is 6. The van der Waals surface area contributed by atoms with Crippen LogP contribution in [0.15, 0.2) is 52.7 Å². The number of methoxy groups -OCH3 is 1. The van der Waals surface area contributed by atoms with E-state index >= 15 is 0 Å². The predicted molar refractivity (Wildman–Crippen MR) is 158 cm³/mol. The van der Waals surface area contributed by atoms with Gasteiger partial charge in [-0.2, -0.15) is 4.98 Å². The number of hydrogen-bond donors (Lipinski definition) is 0. The number of thioether (sulfide) groups is 1. The third kappa shape index (κ3) is 4.38. The maximum absolute atomic E-state index is 13.8. The Hall–Kier alpha value is -3.10. The molecule has 1 saturated carbocycles. The zero-order chi connectivity index (χ0) is 27.4. The van der Waals surface area contributed by atoms with Gasteiger partial charge in [0, 0.05) is 53.9 Å². The van der Waals surface area contributed by atoms with Crippen molar-refractivity contribution in [2.24, 2.45) is 0 Å². The number of benzene rings is 2. The Morgan fingerprint density at radius 1 is 1.21 bits per heavy atom. The average Bonchev–Trinajstić information content (AvgIpc) is 3.76. The first kappa shape index (κ1) is 26.1. The van der Waals surface area contributed by atoms with Gasteiger partial charge in [0.2, 0.25) is 5.91 Å². The maximum atomic E-state index is 13.8. The van der Waals surface area contributed by atoms with Crippen molar-refractivity contribution in [1.29, 1.82) is 0 Å². The quantitative estimate of drug-likeness (QED) is 0.400. The van der Waals surface area contributed by atoms with Crippen LogP contribution in [0, 0.1) is 6.92 Å². The van der Waals surface area contributed by atoms with Crippen LogP contribution in [0.2, 0.25) is 0 Å². The van der Waals surface area contributed by atoms with E-state index in [1.165, 1.54) is 41.2 Å². The molecule has 2 aliphatic heterocycles. The van der Waals surface area contributed by atoms with E-state index in [0.717, 1.165) is 21.6 Å². The minimum atomic E-state index is -0.240. The molecule has 0 unspecified atom stereocenters. The van der Waals surface area contributed by atoms with Gasteiger partial charge in [-0.15, -0.1) is 11.8 Å². The predicted octanol–water partition coefficient (Wildman–Crippen LogP) is 5.15. The molecule has 1 aromatic heterocycles. The summed E-state index contributed by atoms with van der Waals surface area (Å²) in [5.41, 5.74) is 5.83. The van der Waals surface area contributed by atoms with Crippen molar-refractivity contribution >= 4 is 34.4 Å². The minimum absolute atomic E-state index is 0.0349. The molecule has 0 bridgehead atoms. The number of piperazine rings is 1. The highest BCUT2D eigenvalue weighted by Gasteiger charge is 2.36. The molecule has 2 fully saturated rings. The van der Waals surface area contributed by atoms with Gasteiger partial charge in [-0.1, -0.05) is 30.8 Å². The van der Waals surface area contributed by atoms with E-state index in [-0.39, 0.29) is 29.7 Å². The van der Waals surface area contributed by atoms with Gasteiger partial charge in [-0.3, -0.25) is 9.36 Å². The van der Waals surface area contributed by atoms with Gasteiger partial charge in [0.1, 0.15) is 5.82 Å². The van der Waals surface area contributed by atoms with Crippen LogP contribution in [0.25, 0.3) is 22.0 Å². The Kier molecular flexibility index (Phi) is 6.79. The van der Waals surface area contributed by atoms with Gasteiger partial charge < -0.3 is 14.5 Å². The molecule has 2 aromatic carbocycles. The minimum Gasteiger partial charge on any atom is -0.383 e. The molecule has 3 aliphatic rings. The maximum Gasteiger partial charge on any atom is 0.350 e. The van der Waals surface area contributed by atoms with E-state index in [2.05, 4.69) is 48.7 Å². The molecule has 1 amide bonds. The summed E-state index contributed by atoms with van der Waals surface area (Å²) in [7, 11) is 1.68. The van der Waals surface area contributed by atoms with Crippen LogP contribution in [0.5, 0.6) is 0 Å². The van der Waals surface area contributed by atoms with E-state index in [0.29, 0.717) is 31.4 Å². The lowest BCUT2D eigenvalue weighted by molar-refractivity contribution is -0.130. The van der Waals surface area contributed by atoms with E-state index in [9.17, 15) is 9.59 Å². The molecule has 1 saturated heterocycles. The van der Waals surface area contributed by atoms with Crippen LogP contribution in [0.3, 0.4) is 0 Å². The normalized spacial score (nSPS) is 22.8. The first-order valence-corrected chi connectivity index (χ1v) is 14.8. The fourth-order valence-corrected chi connectivity index (χ4v) is 7.99. The molecule has 7 nitrogen and oxygen atoms in total. The molecule has 204 valence electrons. The van der Waals surface area contributed by atoms with Crippen LogP contribution in [0.4, 0.5) is 5.82 Å². The third-order valence-electron chi connectivity index (χ3n) is 8.38. The van der Waals surface area contributed by atoms with Crippen molar-refractivity contribution in [3.8, 4) is 11.1 Å². The highest BCUT2D eigenvalue weighted by atomic mass is 32.2. The highest BCUT2D eigenvalue weighted by Crippen LogP contribution is 2.50. The Morgan fingerprint density at radius 2 is 1.92 bits per heavy atom. The SMILES string of the molecule is C=CC(=O)N1[C@H](C)CN(c2nc(=O)n3c4c(c(-c5ccccc5C5CC5)c(C)cc24)SC[C@@H]3COC)C[C@@H]1C. The van der Waals surface area contributed by atoms with Crippen LogP contribution < -0.4 is 10.6 Å². The lowest BCUT2D eigenvalue weighted by Gasteiger charge is -2.45. The van der Waals surface area contributed by atoms with Crippen molar-refractivity contribution in [1.82, 2.24) is 14.5 Å². The van der Waals surface area contributed by atoms with Gasteiger partial charge in [-0.25, -0.2) is 4.79 Å². The Balaban J connectivity index is 1.57. The van der Waals surface area contributed by atoms with Gasteiger partial charge in [0.15, 0.2) is 0 Å². The Bertz CT molecular complexity index is 1520. The van der Waals surface area contributed by atoms with E-state index in [1.54, 1.807) is 7.11 Å². The monoisotopic (exact) mass is 544 g/mol. The lowest BCUT2D eigenvalue weighted by atomic mass is 9.92. The highest BCUT2D eigenvalue weighted by molar-refractivity contribution is 7.99. The van der Waals surface area contributed by atoms with Crippen molar-refractivity contribution in [2.45, 2.75) is 62.6 Å². The van der Waals surface area contributed by atoms with Gasteiger partial charge in [0.05, 0.1) is 18.2 Å². The molecule has 8 heteroatoms. The zero-order valence-electron chi connectivity index (χ0n) is 23.1. The van der Waals surface area contributed by atoms with Gasteiger partial charge in [0.25, 0.3) is 0 Å². The molecule has 39 heavy (non-hydrogen) atoms. The fourth-order valence-electron chi connectivity index (χ4n) is 6.62. The summed E-state index contributed by atoms with van der Waals surface area (Å²) in [5, 5.41) is 0.992. The molecule has 0 N–H and O–H groups in total. The average molecular weight is 545 g/mol. The number of aromatic nitrogens is 2. The number of carbonyl (C=O) groups is 1. The summed E-state index contributed by atoms with van der Waals surface area (Å²) in [6.45, 7) is 11.6. The van der Waals surface area contributed by atoms with Crippen molar-refractivity contribution in [3.63, 3.8) is 0 Å². The molecule has 3 heterocycles. The third-order valence-corrected chi connectivity index (χ3v) is 9.62. The van der Waals surface area contributed by atoms with Crippen LogP contribution in [-0.2, 0) is 9.53 Å². The zero-order valence-corrected chi connectivity index (χ0v) is 24.0. The summed E-state index contributed by atoms with van der Waals surface area (Å²) < 4.78 is 7.42. The molecule has 0 spiro atoms. The van der Waals surface area contributed by atoms with Crippen LogP contribution >= 0.6 is 11.8 Å². The number of ether oxygens (including phenoxy) is 1. The van der Waals surface area contributed by atoms with Crippen LogP contribution in [0.1, 0.15) is 49.8 Å². The number of nitrogens with zero attached hydrogens (tertiary/aromatic N) is 4. The molecule has 1 aliphatic carbocycles. The van der Waals surface area contributed by atoms with Gasteiger partial charge >= 0.3 is 5.69 Å². The van der Waals surface area contributed by atoms with Crippen molar-refractivity contribution < 1.29 is 9.53 Å². The molecular weight excluding hydrogens is 508 g/mol. The Labute approximate surface area is 233 Å². The second-order valence-corrected chi connectivity index (χ2v) is 12.2. The van der Waals surface area contributed by atoms with E-state index in [1.807, 2.05) is 35.1 Å². The fraction of sp³-hybridized carbons (Fsp3) is 0.452. The smallest absolute Gasteiger partial charge is 0.350 e. The molecule has 3 aromatic rings. The number of amides is 1. The van der Waals surface area contributed by atoms with Crippen molar-refractivity contribution in [3.05, 3.63) is 64.6 Å². The topological polar surface area (TPSA) is 67.7 Å². The van der Waals surface area contributed by atoms with Crippen LogP contribution in [-0.4, -0.2) is 65.0 Å². The summed E-state index contributed by atoms with van der Waals surface area (Å²) in [4.78, 5) is 36.2. The summed E-state index contributed by atoms with van der Waals surface area (Å²) in [5.74, 6) is 2.02.